The molecule has 1 amide bonds. The van der Waals surface area contributed by atoms with Crippen LogP contribution in [0.2, 0.25) is 0 Å². The van der Waals surface area contributed by atoms with Gasteiger partial charge in [-0.15, -0.1) is 16.4 Å². The summed E-state index contributed by atoms with van der Waals surface area (Å²) in [5.41, 5.74) is 1.81. The highest BCUT2D eigenvalue weighted by atomic mass is 32.2. The number of amides is 1. The molecular weight excluding hydrogens is 354 g/mol. The molecule has 0 unspecified atom stereocenters. The fourth-order valence-corrected chi connectivity index (χ4v) is 4.97. The molecule has 0 saturated heterocycles. The van der Waals surface area contributed by atoms with Crippen molar-refractivity contribution in [3.8, 4) is 6.07 Å². The molecule has 2 aromatic rings. The van der Waals surface area contributed by atoms with E-state index in [1.165, 1.54) is 35.9 Å². The van der Waals surface area contributed by atoms with Gasteiger partial charge in [0.05, 0.1) is 11.3 Å². The van der Waals surface area contributed by atoms with Gasteiger partial charge < -0.3 is 5.32 Å². The Balaban J connectivity index is 1.39. The van der Waals surface area contributed by atoms with Crippen LogP contribution in [0.5, 0.6) is 0 Å². The number of H-pyrrole nitrogens is 1. The Labute approximate surface area is 154 Å². The quantitative estimate of drug-likeness (QED) is 0.617. The Morgan fingerprint density at radius 2 is 2.20 bits per heavy atom. The molecule has 0 radical (unpaired) electrons. The summed E-state index contributed by atoms with van der Waals surface area (Å²) in [6.45, 7) is 0. The number of aryl methyl sites for hydroxylation is 1. The maximum atomic E-state index is 12.3. The Kier molecular flexibility index (Phi) is 4.77. The van der Waals surface area contributed by atoms with Crippen LogP contribution in [0.15, 0.2) is 5.16 Å². The summed E-state index contributed by atoms with van der Waals surface area (Å²) in [6, 6.07) is 2.29. The van der Waals surface area contributed by atoms with Crippen LogP contribution in [-0.4, -0.2) is 26.8 Å². The summed E-state index contributed by atoms with van der Waals surface area (Å²) in [5, 5.41) is 20.8. The van der Waals surface area contributed by atoms with Gasteiger partial charge in [0.15, 0.2) is 0 Å². The van der Waals surface area contributed by atoms with Crippen LogP contribution in [0.1, 0.15) is 59.9 Å². The van der Waals surface area contributed by atoms with Crippen LogP contribution in [0.3, 0.4) is 0 Å². The molecule has 130 valence electrons. The predicted molar refractivity (Wildman–Crippen MR) is 98.0 cm³/mol. The lowest BCUT2D eigenvalue weighted by Gasteiger charge is -2.02. The summed E-state index contributed by atoms with van der Waals surface area (Å²) in [6.07, 6.45) is 7.79. The number of nitriles is 1. The van der Waals surface area contributed by atoms with Gasteiger partial charge in [-0.25, -0.2) is 4.98 Å². The second kappa shape index (κ2) is 7.18. The highest BCUT2D eigenvalue weighted by Crippen LogP contribution is 2.39. The molecule has 1 saturated carbocycles. The highest BCUT2D eigenvalue weighted by molar-refractivity contribution is 7.99. The molecule has 25 heavy (non-hydrogen) atoms. The molecule has 0 aliphatic heterocycles. The van der Waals surface area contributed by atoms with E-state index < -0.39 is 0 Å². The lowest BCUT2D eigenvalue weighted by Crippen LogP contribution is -2.14. The minimum atomic E-state index is -0.115. The average Bonchev–Trinajstić information content (AvgIpc) is 3.32. The van der Waals surface area contributed by atoms with E-state index in [0.29, 0.717) is 21.6 Å². The monoisotopic (exact) mass is 373 g/mol. The molecule has 0 atom stereocenters. The van der Waals surface area contributed by atoms with Crippen molar-refractivity contribution >= 4 is 34.0 Å². The zero-order chi connectivity index (χ0) is 17.2. The molecule has 2 N–H and O–H groups in total. The highest BCUT2D eigenvalue weighted by Gasteiger charge is 2.27. The third-order valence-corrected chi connectivity index (χ3v) is 6.62. The Morgan fingerprint density at radius 3 is 3.00 bits per heavy atom. The van der Waals surface area contributed by atoms with E-state index in [9.17, 15) is 10.1 Å². The van der Waals surface area contributed by atoms with Crippen LogP contribution in [-0.2, 0) is 17.6 Å². The molecular formula is C17H19N5OS2. The first-order chi connectivity index (χ1) is 12.2. The first-order valence-electron chi connectivity index (χ1n) is 8.64. The second-order valence-corrected chi connectivity index (χ2v) is 8.54. The zero-order valence-corrected chi connectivity index (χ0v) is 15.4. The fourth-order valence-electron chi connectivity index (χ4n) is 3.10. The number of nitrogens with zero attached hydrogens (tertiary/aromatic N) is 3. The summed E-state index contributed by atoms with van der Waals surface area (Å²) < 4.78 is 0. The van der Waals surface area contributed by atoms with Crippen molar-refractivity contribution in [1.82, 2.24) is 15.2 Å². The minimum Gasteiger partial charge on any atom is -0.316 e. The minimum absolute atomic E-state index is 0.115. The first kappa shape index (κ1) is 16.6. The first-order valence-corrected chi connectivity index (χ1v) is 10.4. The fraction of sp³-hybridized carbons (Fsp3) is 0.529. The van der Waals surface area contributed by atoms with Crippen molar-refractivity contribution < 1.29 is 4.79 Å². The topological polar surface area (TPSA) is 94.5 Å². The van der Waals surface area contributed by atoms with Crippen LogP contribution >= 0.6 is 23.1 Å². The number of thiophene rings is 1. The number of hydrogen-bond acceptors (Lipinski definition) is 6. The molecule has 4 rings (SSSR count). The van der Waals surface area contributed by atoms with Gasteiger partial charge >= 0.3 is 0 Å². The summed E-state index contributed by atoms with van der Waals surface area (Å²) in [5.74, 6) is 1.58. The van der Waals surface area contributed by atoms with Crippen molar-refractivity contribution in [2.45, 2.75) is 56.0 Å². The SMILES string of the molecule is N#Cc1c(NC(=O)CSc2n[nH]c(C3CC3)n2)sc2c1CCCCC2. The van der Waals surface area contributed by atoms with Gasteiger partial charge in [0.2, 0.25) is 11.1 Å². The maximum absolute atomic E-state index is 12.3. The number of anilines is 1. The van der Waals surface area contributed by atoms with Gasteiger partial charge in [-0.2, -0.15) is 5.26 Å². The molecule has 8 heteroatoms. The van der Waals surface area contributed by atoms with E-state index in [2.05, 4.69) is 26.6 Å². The molecule has 0 spiro atoms. The third kappa shape index (κ3) is 3.72. The van der Waals surface area contributed by atoms with Gasteiger partial charge in [-0.1, -0.05) is 18.2 Å². The number of hydrogen-bond donors (Lipinski definition) is 2. The number of aromatic amines is 1. The predicted octanol–water partition coefficient (Wildman–Crippen LogP) is 3.61. The number of nitrogens with one attached hydrogen (secondary N) is 2. The largest absolute Gasteiger partial charge is 0.316 e. The number of fused-ring (bicyclic) bond motifs is 1. The molecule has 2 heterocycles. The number of carbonyl (C=O) groups is 1. The van der Waals surface area contributed by atoms with Crippen molar-refractivity contribution in [2.75, 3.05) is 11.1 Å². The summed E-state index contributed by atoms with van der Waals surface area (Å²) in [7, 11) is 0. The van der Waals surface area contributed by atoms with E-state index >= 15 is 0 Å². The molecule has 1 fully saturated rings. The van der Waals surface area contributed by atoms with E-state index in [4.69, 9.17) is 0 Å². The van der Waals surface area contributed by atoms with E-state index in [1.807, 2.05) is 0 Å². The maximum Gasteiger partial charge on any atom is 0.235 e. The van der Waals surface area contributed by atoms with Crippen LogP contribution < -0.4 is 5.32 Å². The van der Waals surface area contributed by atoms with Crippen LogP contribution in [0.25, 0.3) is 0 Å². The van der Waals surface area contributed by atoms with Gasteiger partial charge in [0, 0.05) is 10.8 Å². The molecule has 2 aromatic heterocycles. The normalized spacial score (nSPS) is 16.8. The van der Waals surface area contributed by atoms with Gasteiger partial charge in [-0.3, -0.25) is 9.89 Å². The summed E-state index contributed by atoms with van der Waals surface area (Å²) in [4.78, 5) is 18.0. The lowest BCUT2D eigenvalue weighted by atomic mass is 10.1. The van der Waals surface area contributed by atoms with E-state index in [1.54, 1.807) is 11.3 Å². The molecule has 0 bridgehead atoms. The number of thioether (sulfide) groups is 1. The summed E-state index contributed by atoms with van der Waals surface area (Å²) >= 11 is 2.89. The van der Waals surface area contributed by atoms with Crippen molar-refractivity contribution in [2.24, 2.45) is 0 Å². The Morgan fingerprint density at radius 1 is 1.36 bits per heavy atom. The van der Waals surface area contributed by atoms with Crippen LogP contribution in [0.4, 0.5) is 5.00 Å². The zero-order valence-electron chi connectivity index (χ0n) is 13.8. The smallest absolute Gasteiger partial charge is 0.235 e. The third-order valence-electron chi connectivity index (χ3n) is 4.56. The van der Waals surface area contributed by atoms with Crippen molar-refractivity contribution in [1.29, 1.82) is 5.26 Å². The van der Waals surface area contributed by atoms with E-state index in [0.717, 1.165) is 37.1 Å². The second-order valence-electron chi connectivity index (χ2n) is 6.49. The average molecular weight is 374 g/mol. The number of rotatable bonds is 5. The van der Waals surface area contributed by atoms with Crippen LogP contribution in [0, 0.1) is 11.3 Å². The molecule has 0 aromatic carbocycles. The molecule has 2 aliphatic carbocycles. The standard InChI is InChI=1S/C17H19N5OS2/c18-8-12-11-4-2-1-3-5-13(11)25-16(12)19-14(23)9-24-17-20-15(21-22-17)10-6-7-10/h10H,1-7,9H2,(H,19,23)(H,20,21,22). The lowest BCUT2D eigenvalue weighted by molar-refractivity contribution is -0.113. The Bertz CT molecular complexity index is 831. The Hall–Kier alpha value is -1.85. The van der Waals surface area contributed by atoms with Gasteiger partial charge in [-0.05, 0) is 44.1 Å². The van der Waals surface area contributed by atoms with Crippen molar-refractivity contribution in [3.05, 3.63) is 21.8 Å². The molecule has 2 aliphatic rings. The van der Waals surface area contributed by atoms with Gasteiger partial charge in [0.1, 0.15) is 16.9 Å². The van der Waals surface area contributed by atoms with E-state index in [-0.39, 0.29) is 11.7 Å². The van der Waals surface area contributed by atoms with Crippen molar-refractivity contribution in [3.63, 3.8) is 0 Å². The number of carbonyl (C=O) groups excluding carboxylic acids is 1. The van der Waals surface area contributed by atoms with Gasteiger partial charge in [0.25, 0.3) is 0 Å². The number of aromatic nitrogens is 3. The molecule has 6 nitrogen and oxygen atoms in total.